The van der Waals surface area contributed by atoms with Crippen molar-refractivity contribution in [1.82, 2.24) is 5.32 Å². The summed E-state index contributed by atoms with van der Waals surface area (Å²) in [6, 6.07) is 62.9. The summed E-state index contributed by atoms with van der Waals surface area (Å²) in [5, 5.41) is 6.00. The molecule has 268 valence electrons. The number of hydrogen-bond acceptors (Lipinski definition) is 4. The van der Waals surface area contributed by atoms with Gasteiger partial charge in [-0.25, -0.2) is 0 Å². The van der Waals surface area contributed by atoms with Gasteiger partial charge in [-0.05, 0) is 59.0 Å². The maximum absolute atomic E-state index is 6.56. The van der Waals surface area contributed by atoms with E-state index in [0.29, 0.717) is 5.92 Å². The van der Waals surface area contributed by atoms with Crippen molar-refractivity contribution in [2.75, 3.05) is 4.90 Å². The number of nitrogens with zero attached hydrogens (tertiary/aromatic N) is 2. The zero-order valence-electron chi connectivity index (χ0n) is 30.8. The Morgan fingerprint density at radius 1 is 0.571 bits per heavy atom. The van der Waals surface area contributed by atoms with Gasteiger partial charge >= 0.3 is 0 Å². The number of rotatable bonds is 6. The van der Waals surface area contributed by atoms with Gasteiger partial charge in [0.15, 0.2) is 0 Å². The summed E-state index contributed by atoms with van der Waals surface area (Å²) in [7, 11) is 0. The predicted octanol–water partition coefficient (Wildman–Crippen LogP) is 12.7. The molecule has 0 amide bonds. The van der Waals surface area contributed by atoms with Crippen molar-refractivity contribution >= 4 is 44.8 Å². The van der Waals surface area contributed by atoms with E-state index >= 15 is 0 Å². The first-order valence-electron chi connectivity index (χ1n) is 19.6. The first kappa shape index (κ1) is 32.5. The van der Waals surface area contributed by atoms with E-state index in [4.69, 9.17) is 9.41 Å². The summed E-state index contributed by atoms with van der Waals surface area (Å²) in [5.41, 5.74) is 13.8. The minimum Gasteiger partial charge on any atom is -0.455 e. The molecule has 1 aliphatic carbocycles. The second-order valence-corrected chi connectivity index (χ2v) is 15.1. The Morgan fingerprint density at radius 3 is 2.14 bits per heavy atom. The van der Waals surface area contributed by atoms with Gasteiger partial charge in [-0.1, -0.05) is 164 Å². The predicted molar refractivity (Wildman–Crippen MR) is 230 cm³/mol. The highest BCUT2D eigenvalue weighted by Gasteiger charge is 2.41. The van der Waals surface area contributed by atoms with Gasteiger partial charge in [0.1, 0.15) is 17.0 Å². The van der Waals surface area contributed by atoms with Gasteiger partial charge < -0.3 is 14.6 Å². The lowest BCUT2D eigenvalue weighted by atomic mass is 9.78. The SMILES string of the molecule is C1=CC2C(CC1c1cccc(C3=NC(c4ccccc4)C=C(c4ccccc4)N3)c1)c1ccccc1N2c1ccccc1-c1cccc2c1oc1ccccc12. The zero-order valence-corrected chi connectivity index (χ0v) is 30.8. The number of hydrogen-bond donors (Lipinski definition) is 1. The Labute approximate surface area is 326 Å². The van der Waals surface area contributed by atoms with Crippen LogP contribution in [0.2, 0.25) is 0 Å². The number of anilines is 2. The molecular formula is C52H39N3O. The second-order valence-electron chi connectivity index (χ2n) is 15.1. The number of allylic oxidation sites excluding steroid dienone is 1. The van der Waals surface area contributed by atoms with Gasteiger partial charge in [-0.15, -0.1) is 0 Å². The van der Waals surface area contributed by atoms with E-state index in [1.165, 1.54) is 33.6 Å². The van der Waals surface area contributed by atoms with Gasteiger partial charge in [0.2, 0.25) is 0 Å². The molecule has 1 N–H and O–H groups in total. The Hall–Kier alpha value is -6.91. The minimum absolute atomic E-state index is 0.0793. The van der Waals surface area contributed by atoms with Crippen LogP contribution in [-0.4, -0.2) is 11.9 Å². The molecule has 4 atom stereocenters. The van der Waals surface area contributed by atoms with Gasteiger partial charge in [-0.2, -0.15) is 0 Å². The average molecular weight is 722 g/mol. The molecule has 3 aliphatic rings. The average Bonchev–Trinajstić information content (AvgIpc) is 3.83. The lowest BCUT2D eigenvalue weighted by Gasteiger charge is -2.34. The number of amidine groups is 1. The normalized spacial score (nSPS) is 20.0. The Kier molecular flexibility index (Phi) is 7.80. The van der Waals surface area contributed by atoms with Crippen molar-refractivity contribution in [2.24, 2.45) is 4.99 Å². The van der Waals surface area contributed by atoms with Gasteiger partial charge in [0, 0.05) is 56.4 Å². The van der Waals surface area contributed by atoms with Crippen LogP contribution in [0, 0.1) is 0 Å². The first-order valence-corrected chi connectivity index (χ1v) is 19.6. The molecule has 1 aromatic heterocycles. The van der Waals surface area contributed by atoms with E-state index in [0.717, 1.165) is 56.6 Å². The molecule has 0 spiro atoms. The summed E-state index contributed by atoms with van der Waals surface area (Å²) in [5.74, 6) is 1.50. The molecule has 8 aromatic rings. The molecule has 4 heteroatoms. The number of nitrogens with one attached hydrogen (secondary N) is 1. The number of aliphatic imine (C=N–C) groups is 1. The molecule has 0 saturated heterocycles. The third-order valence-electron chi connectivity index (χ3n) is 11.9. The zero-order chi connectivity index (χ0) is 37.0. The van der Waals surface area contributed by atoms with E-state index in [1.807, 2.05) is 6.07 Å². The molecule has 11 rings (SSSR count). The molecule has 56 heavy (non-hydrogen) atoms. The van der Waals surface area contributed by atoms with Crippen LogP contribution < -0.4 is 10.2 Å². The van der Waals surface area contributed by atoms with E-state index in [1.54, 1.807) is 0 Å². The quantitative estimate of drug-likeness (QED) is 0.174. The largest absolute Gasteiger partial charge is 0.455 e. The van der Waals surface area contributed by atoms with Crippen LogP contribution >= 0.6 is 0 Å². The van der Waals surface area contributed by atoms with E-state index < -0.39 is 0 Å². The monoisotopic (exact) mass is 721 g/mol. The fraction of sp³-hybridized carbons (Fsp3) is 0.0962. The number of furan rings is 1. The van der Waals surface area contributed by atoms with Crippen molar-refractivity contribution in [3.63, 3.8) is 0 Å². The Bertz CT molecular complexity index is 2850. The highest BCUT2D eigenvalue weighted by molar-refractivity contribution is 6.10. The van der Waals surface area contributed by atoms with Gasteiger partial charge in [0.05, 0.1) is 12.1 Å². The van der Waals surface area contributed by atoms with Crippen LogP contribution in [-0.2, 0) is 0 Å². The van der Waals surface area contributed by atoms with Crippen molar-refractivity contribution < 1.29 is 4.42 Å². The topological polar surface area (TPSA) is 40.8 Å². The summed E-state index contributed by atoms with van der Waals surface area (Å²) < 4.78 is 6.56. The smallest absolute Gasteiger partial charge is 0.143 e. The van der Waals surface area contributed by atoms with Crippen molar-refractivity contribution in [3.05, 3.63) is 222 Å². The van der Waals surface area contributed by atoms with Crippen LogP contribution in [0.1, 0.15) is 52.1 Å². The third-order valence-corrected chi connectivity index (χ3v) is 11.9. The number of fused-ring (bicyclic) bond motifs is 6. The highest BCUT2D eigenvalue weighted by Crippen LogP contribution is 2.53. The third kappa shape index (κ3) is 5.48. The first-order chi connectivity index (χ1) is 27.8. The highest BCUT2D eigenvalue weighted by atomic mass is 16.3. The Balaban J connectivity index is 0.951. The molecule has 2 aliphatic heterocycles. The molecular weight excluding hydrogens is 683 g/mol. The van der Waals surface area contributed by atoms with E-state index in [-0.39, 0.29) is 18.0 Å². The molecule has 0 saturated carbocycles. The molecule has 4 nitrogen and oxygen atoms in total. The summed E-state index contributed by atoms with van der Waals surface area (Å²) in [6.07, 6.45) is 8.16. The second kappa shape index (κ2) is 13.4. The van der Waals surface area contributed by atoms with Crippen molar-refractivity contribution in [3.8, 4) is 11.1 Å². The van der Waals surface area contributed by atoms with Crippen LogP contribution in [0.15, 0.2) is 204 Å². The summed E-state index contributed by atoms with van der Waals surface area (Å²) >= 11 is 0. The fourth-order valence-electron chi connectivity index (χ4n) is 9.25. The molecule has 0 fully saturated rings. The van der Waals surface area contributed by atoms with Crippen molar-refractivity contribution in [2.45, 2.75) is 30.3 Å². The lowest BCUT2D eigenvalue weighted by molar-refractivity contribution is 0.533. The number of para-hydroxylation sites is 4. The van der Waals surface area contributed by atoms with Gasteiger partial charge in [-0.3, -0.25) is 4.99 Å². The van der Waals surface area contributed by atoms with E-state index in [9.17, 15) is 0 Å². The van der Waals surface area contributed by atoms with Crippen LogP contribution in [0.5, 0.6) is 0 Å². The molecule has 0 radical (unpaired) electrons. The van der Waals surface area contributed by atoms with Crippen LogP contribution in [0.3, 0.4) is 0 Å². The standard InChI is InChI=1S/C52H39N3O/c1-3-15-34(16-4-1)45-33-46(35-17-5-2-6-18-35)54-52(53-45)38-20-13-19-36(31-38)37-29-30-49-44(32-37)40-22-8-11-27-48(40)55(49)47-26-10-7-21-39(47)42-24-14-25-43-41-23-9-12-28-50(41)56-51(42)43/h1-31,33,37,44-45,49H,32H2,(H,53,54). The van der Waals surface area contributed by atoms with Crippen LogP contribution in [0.25, 0.3) is 38.8 Å². The number of benzene rings is 7. The summed E-state index contributed by atoms with van der Waals surface area (Å²) in [6.45, 7) is 0. The van der Waals surface area contributed by atoms with Crippen molar-refractivity contribution in [1.29, 1.82) is 0 Å². The lowest BCUT2D eigenvalue weighted by Crippen LogP contribution is -2.31. The maximum Gasteiger partial charge on any atom is 0.143 e. The fourth-order valence-corrected chi connectivity index (χ4v) is 9.25. The summed E-state index contributed by atoms with van der Waals surface area (Å²) in [4.78, 5) is 7.84. The molecule has 0 bridgehead atoms. The Morgan fingerprint density at radius 2 is 1.25 bits per heavy atom. The van der Waals surface area contributed by atoms with E-state index in [2.05, 4.69) is 198 Å². The molecule has 7 aromatic carbocycles. The minimum atomic E-state index is -0.0793. The molecule has 4 unspecified atom stereocenters. The maximum atomic E-state index is 6.56. The van der Waals surface area contributed by atoms with Crippen LogP contribution in [0.4, 0.5) is 11.4 Å². The molecule has 3 heterocycles. The van der Waals surface area contributed by atoms with Gasteiger partial charge in [0.25, 0.3) is 0 Å².